The number of aryl methyl sites for hydroxylation is 2. The highest BCUT2D eigenvalue weighted by molar-refractivity contribution is 5.83. The molecule has 0 unspecified atom stereocenters. The van der Waals surface area contributed by atoms with Gasteiger partial charge in [0.25, 0.3) is 0 Å². The fourth-order valence-electron chi connectivity index (χ4n) is 2.87. The van der Waals surface area contributed by atoms with Crippen LogP contribution in [0.1, 0.15) is 11.1 Å². The molecule has 96 valence electrons. The predicted octanol–water partition coefficient (Wildman–Crippen LogP) is 2.59. The first-order valence-corrected chi connectivity index (χ1v) is 6.21. The summed E-state index contributed by atoms with van der Waals surface area (Å²) in [5, 5.41) is 20.0. The number of benzene rings is 2. The van der Waals surface area contributed by atoms with E-state index >= 15 is 0 Å². The number of rotatable bonds is 0. The molecule has 1 heterocycles. The lowest BCUT2D eigenvalue weighted by molar-refractivity contribution is 0.171. The molecule has 0 aromatic heterocycles. The standard InChI is InChI=1S/C15H12O4/c16-10-3-4-11-8(5-10)1-2-9-6-12-15(19-7-18-12)14(17)13(9)11/h3-6,16-17H,1-2,7H2. The molecule has 0 radical (unpaired) electrons. The molecule has 0 amide bonds. The number of phenolic OH excluding ortho intramolecular Hbond substituents is 2. The molecule has 0 saturated carbocycles. The minimum absolute atomic E-state index is 0.136. The second-order valence-electron chi connectivity index (χ2n) is 4.83. The van der Waals surface area contributed by atoms with E-state index in [2.05, 4.69) is 0 Å². The third-order valence-electron chi connectivity index (χ3n) is 3.74. The molecule has 2 aromatic carbocycles. The molecular weight excluding hydrogens is 244 g/mol. The Bertz CT molecular complexity index is 691. The molecule has 2 aliphatic rings. The highest BCUT2D eigenvalue weighted by Gasteiger charge is 2.28. The molecule has 0 saturated heterocycles. The van der Waals surface area contributed by atoms with Crippen LogP contribution in [0.15, 0.2) is 24.3 Å². The van der Waals surface area contributed by atoms with Crippen LogP contribution in [0.3, 0.4) is 0 Å². The van der Waals surface area contributed by atoms with E-state index in [1.165, 1.54) is 0 Å². The van der Waals surface area contributed by atoms with Gasteiger partial charge in [-0.05, 0) is 47.7 Å². The third-order valence-corrected chi connectivity index (χ3v) is 3.74. The van der Waals surface area contributed by atoms with Crippen LogP contribution in [0.4, 0.5) is 0 Å². The lowest BCUT2D eigenvalue weighted by Gasteiger charge is -2.21. The summed E-state index contributed by atoms with van der Waals surface area (Å²) in [5.41, 5.74) is 3.85. The minimum Gasteiger partial charge on any atom is -0.508 e. The second-order valence-corrected chi connectivity index (χ2v) is 4.83. The molecule has 0 atom stereocenters. The Morgan fingerprint density at radius 1 is 0.947 bits per heavy atom. The van der Waals surface area contributed by atoms with E-state index in [-0.39, 0.29) is 18.3 Å². The number of phenols is 2. The van der Waals surface area contributed by atoms with Crippen molar-refractivity contribution in [3.8, 4) is 34.1 Å². The Morgan fingerprint density at radius 3 is 2.68 bits per heavy atom. The second kappa shape index (κ2) is 3.57. The van der Waals surface area contributed by atoms with Crippen molar-refractivity contribution in [2.75, 3.05) is 6.79 Å². The highest BCUT2D eigenvalue weighted by Crippen LogP contribution is 2.51. The van der Waals surface area contributed by atoms with Gasteiger partial charge in [0.2, 0.25) is 12.5 Å². The van der Waals surface area contributed by atoms with Crippen LogP contribution in [0.25, 0.3) is 11.1 Å². The summed E-state index contributed by atoms with van der Waals surface area (Å²) in [7, 11) is 0. The van der Waals surface area contributed by atoms with E-state index in [4.69, 9.17) is 9.47 Å². The Kier molecular flexibility index (Phi) is 1.98. The van der Waals surface area contributed by atoms with Crippen molar-refractivity contribution in [1.82, 2.24) is 0 Å². The van der Waals surface area contributed by atoms with Crippen molar-refractivity contribution < 1.29 is 19.7 Å². The van der Waals surface area contributed by atoms with Gasteiger partial charge >= 0.3 is 0 Å². The van der Waals surface area contributed by atoms with E-state index in [9.17, 15) is 10.2 Å². The maximum atomic E-state index is 10.4. The fourth-order valence-corrected chi connectivity index (χ4v) is 2.87. The topological polar surface area (TPSA) is 58.9 Å². The van der Waals surface area contributed by atoms with Gasteiger partial charge in [-0.3, -0.25) is 0 Å². The van der Waals surface area contributed by atoms with Crippen molar-refractivity contribution >= 4 is 0 Å². The highest BCUT2D eigenvalue weighted by atomic mass is 16.7. The van der Waals surface area contributed by atoms with E-state index < -0.39 is 0 Å². The van der Waals surface area contributed by atoms with Crippen LogP contribution >= 0.6 is 0 Å². The first-order chi connectivity index (χ1) is 9.24. The number of ether oxygens (including phenoxy) is 2. The molecule has 19 heavy (non-hydrogen) atoms. The van der Waals surface area contributed by atoms with Crippen molar-refractivity contribution in [1.29, 1.82) is 0 Å². The van der Waals surface area contributed by atoms with E-state index in [0.29, 0.717) is 11.5 Å². The van der Waals surface area contributed by atoms with Crippen molar-refractivity contribution in [2.45, 2.75) is 12.8 Å². The molecule has 4 nitrogen and oxygen atoms in total. The number of aromatic hydroxyl groups is 2. The Labute approximate surface area is 109 Å². The average molecular weight is 256 g/mol. The summed E-state index contributed by atoms with van der Waals surface area (Å²) >= 11 is 0. The van der Waals surface area contributed by atoms with Gasteiger partial charge in [-0.1, -0.05) is 6.07 Å². The normalized spacial score (nSPS) is 14.9. The average Bonchev–Trinajstić information content (AvgIpc) is 2.87. The lowest BCUT2D eigenvalue weighted by atomic mass is 9.84. The molecule has 4 rings (SSSR count). The molecule has 0 spiro atoms. The van der Waals surface area contributed by atoms with Crippen molar-refractivity contribution in [2.24, 2.45) is 0 Å². The van der Waals surface area contributed by atoms with Crippen LogP contribution in [0, 0.1) is 0 Å². The fraction of sp³-hybridized carbons (Fsp3) is 0.200. The van der Waals surface area contributed by atoms with Crippen LogP contribution in [0.5, 0.6) is 23.0 Å². The van der Waals surface area contributed by atoms with Gasteiger partial charge in [0, 0.05) is 5.56 Å². The zero-order valence-corrected chi connectivity index (χ0v) is 10.1. The Hall–Kier alpha value is -2.36. The number of hydrogen-bond acceptors (Lipinski definition) is 4. The molecule has 2 aromatic rings. The van der Waals surface area contributed by atoms with Crippen molar-refractivity contribution in [3.05, 3.63) is 35.4 Å². The maximum absolute atomic E-state index is 10.4. The van der Waals surface area contributed by atoms with Gasteiger partial charge < -0.3 is 19.7 Å². The van der Waals surface area contributed by atoms with Crippen LogP contribution in [0.2, 0.25) is 0 Å². The molecule has 0 fully saturated rings. The minimum atomic E-state index is 0.136. The Morgan fingerprint density at radius 2 is 1.79 bits per heavy atom. The van der Waals surface area contributed by atoms with E-state index in [1.54, 1.807) is 12.1 Å². The van der Waals surface area contributed by atoms with Gasteiger partial charge in [-0.2, -0.15) is 0 Å². The quantitative estimate of drug-likeness (QED) is 0.760. The van der Waals surface area contributed by atoms with Crippen LogP contribution in [-0.2, 0) is 12.8 Å². The zero-order chi connectivity index (χ0) is 13.0. The van der Waals surface area contributed by atoms with Crippen LogP contribution in [-0.4, -0.2) is 17.0 Å². The molecule has 2 N–H and O–H groups in total. The van der Waals surface area contributed by atoms with E-state index in [0.717, 1.165) is 35.1 Å². The number of fused-ring (bicyclic) bond motifs is 4. The van der Waals surface area contributed by atoms with Crippen LogP contribution < -0.4 is 9.47 Å². The molecule has 1 aliphatic carbocycles. The lowest BCUT2D eigenvalue weighted by Crippen LogP contribution is -2.04. The zero-order valence-electron chi connectivity index (χ0n) is 10.1. The monoisotopic (exact) mass is 256 g/mol. The summed E-state index contributed by atoms with van der Waals surface area (Å²) in [5.74, 6) is 1.41. The summed E-state index contributed by atoms with van der Waals surface area (Å²) in [6.45, 7) is 0.147. The summed E-state index contributed by atoms with van der Waals surface area (Å²) in [4.78, 5) is 0. The van der Waals surface area contributed by atoms with Gasteiger partial charge in [0.05, 0.1) is 0 Å². The SMILES string of the molecule is Oc1ccc2c(c1)CCc1cc3c(c(O)c1-2)OCO3. The molecule has 4 heteroatoms. The molecule has 0 bridgehead atoms. The number of hydrogen-bond donors (Lipinski definition) is 2. The summed E-state index contributed by atoms with van der Waals surface area (Å²) < 4.78 is 10.6. The smallest absolute Gasteiger partial charge is 0.231 e. The first-order valence-electron chi connectivity index (χ1n) is 6.21. The predicted molar refractivity (Wildman–Crippen MR) is 68.7 cm³/mol. The largest absolute Gasteiger partial charge is 0.508 e. The third kappa shape index (κ3) is 1.40. The van der Waals surface area contributed by atoms with Gasteiger partial charge in [0.15, 0.2) is 11.5 Å². The van der Waals surface area contributed by atoms with E-state index in [1.807, 2.05) is 12.1 Å². The van der Waals surface area contributed by atoms with Gasteiger partial charge in [-0.25, -0.2) is 0 Å². The molecular formula is C15H12O4. The molecule has 1 aliphatic heterocycles. The van der Waals surface area contributed by atoms with Gasteiger partial charge in [-0.15, -0.1) is 0 Å². The maximum Gasteiger partial charge on any atom is 0.231 e. The summed E-state index contributed by atoms with van der Waals surface area (Å²) in [6.07, 6.45) is 1.66. The van der Waals surface area contributed by atoms with Gasteiger partial charge in [0.1, 0.15) is 5.75 Å². The first kappa shape index (κ1) is 10.6. The van der Waals surface area contributed by atoms with Crippen molar-refractivity contribution in [3.63, 3.8) is 0 Å². The summed E-state index contributed by atoms with van der Waals surface area (Å²) in [6, 6.07) is 7.16. The Balaban J connectivity index is 2.01.